The molecule has 0 aliphatic heterocycles. The van der Waals surface area contributed by atoms with Crippen LogP contribution in [0.25, 0.3) is 0 Å². The summed E-state index contributed by atoms with van der Waals surface area (Å²) in [5.74, 6) is 2.69. The van der Waals surface area contributed by atoms with Crippen LogP contribution in [0.1, 0.15) is 56.1 Å². The summed E-state index contributed by atoms with van der Waals surface area (Å²) in [5.41, 5.74) is 1.16. The van der Waals surface area contributed by atoms with Crippen molar-refractivity contribution < 1.29 is 0 Å². The summed E-state index contributed by atoms with van der Waals surface area (Å²) >= 11 is 1.52. The smallest absolute Gasteiger partial charge is 0.0803 e. The Kier molecular flexibility index (Phi) is 6.83. The van der Waals surface area contributed by atoms with Crippen molar-refractivity contribution in [2.24, 2.45) is 0 Å². The second-order valence-corrected chi connectivity index (χ2v) is 4.83. The molecule has 94 valence electrons. The molecule has 0 aliphatic rings. The van der Waals surface area contributed by atoms with Crippen LogP contribution in [-0.4, -0.2) is 16.1 Å². The Balaban J connectivity index is 2.67. The van der Waals surface area contributed by atoms with Gasteiger partial charge >= 0.3 is 0 Å². The van der Waals surface area contributed by atoms with E-state index in [2.05, 4.69) is 34.7 Å². The van der Waals surface area contributed by atoms with E-state index in [1.807, 2.05) is 0 Å². The fraction of sp³-hybridized carbons (Fsp3) is 0.692. The summed E-state index contributed by atoms with van der Waals surface area (Å²) in [5, 5.41) is 7.73. The summed E-state index contributed by atoms with van der Waals surface area (Å²) in [4.78, 5) is 1.30. The topological polar surface area (TPSA) is 37.8 Å². The predicted molar refractivity (Wildman–Crippen MR) is 73.0 cm³/mol. The van der Waals surface area contributed by atoms with Crippen LogP contribution in [0, 0.1) is 12.3 Å². The highest BCUT2D eigenvalue weighted by Gasteiger charge is 2.17. The van der Waals surface area contributed by atoms with Crippen LogP contribution in [0.4, 0.5) is 0 Å². The number of hydrogen-bond donors (Lipinski definition) is 1. The average molecular weight is 251 g/mol. The maximum absolute atomic E-state index is 5.29. The molecule has 17 heavy (non-hydrogen) atoms. The minimum Gasteiger partial charge on any atom is -0.309 e. The monoisotopic (exact) mass is 251 g/mol. The van der Waals surface area contributed by atoms with E-state index in [0.29, 0.717) is 6.04 Å². The summed E-state index contributed by atoms with van der Waals surface area (Å²) in [6.45, 7) is 5.26. The molecule has 1 unspecified atom stereocenters. The van der Waals surface area contributed by atoms with Crippen molar-refractivity contribution in [3.63, 3.8) is 0 Å². The molecule has 1 rings (SSSR count). The normalized spacial score (nSPS) is 12.3. The molecule has 1 N–H and O–H groups in total. The largest absolute Gasteiger partial charge is 0.309 e. The molecule has 0 bridgehead atoms. The molecule has 0 aliphatic carbocycles. The van der Waals surface area contributed by atoms with Crippen LogP contribution in [-0.2, 0) is 6.42 Å². The second-order valence-electron chi connectivity index (χ2n) is 4.04. The van der Waals surface area contributed by atoms with Gasteiger partial charge in [0, 0.05) is 12.5 Å². The number of nitrogens with zero attached hydrogens (tertiary/aromatic N) is 2. The van der Waals surface area contributed by atoms with Crippen molar-refractivity contribution in [3.8, 4) is 12.3 Å². The minimum absolute atomic E-state index is 0.370. The first-order chi connectivity index (χ1) is 8.33. The van der Waals surface area contributed by atoms with Crippen LogP contribution < -0.4 is 5.32 Å². The molecular weight excluding hydrogens is 230 g/mol. The van der Waals surface area contributed by atoms with Crippen molar-refractivity contribution >= 4 is 11.5 Å². The highest BCUT2D eigenvalue weighted by Crippen LogP contribution is 2.25. The third-order valence-electron chi connectivity index (χ3n) is 2.65. The van der Waals surface area contributed by atoms with E-state index < -0.39 is 0 Å². The van der Waals surface area contributed by atoms with Crippen molar-refractivity contribution in [2.75, 3.05) is 6.54 Å². The SMILES string of the molecule is C#CCCCC(NCC)c1snnc1CCC. The van der Waals surface area contributed by atoms with Crippen molar-refractivity contribution in [3.05, 3.63) is 10.6 Å². The fourth-order valence-electron chi connectivity index (χ4n) is 1.87. The Bertz CT molecular complexity index is 354. The van der Waals surface area contributed by atoms with Gasteiger partial charge in [0.1, 0.15) is 0 Å². The summed E-state index contributed by atoms with van der Waals surface area (Å²) in [6.07, 6.45) is 10.4. The fourth-order valence-corrected chi connectivity index (χ4v) is 2.67. The van der Waals surface area contributed by atoms with Gasteiger partial charge in [0.25, 0.3) is 0 Å². The molecule has 4 heteroatoms. The van der Waals surface area contributed by atoms with Crippen LogP contribution in [0.15, 0.2) is 0 Å². The lowest BCUT2D eigenvalue weighted by Gasteiger charge is -2.16. The zero-order valence-corrected chi connectivity index (χ0v) is 11.5. The van der Waals surface area contributed by atoms with Crippen LogP contribution in [0.3, 0.4) is 0 Å². The minimum atomic E-state index is 0.370. The molecule has 0 fully saturated rings. The number of unbranched alkanes of at least 4 members (excludes halogenated alkanes) is 1. The van der Waals surface area contributed by atoms with Crippen LogP contribution >= 0.6 is 11.5 Å². The summed E-state index contributed by atoms with van der Waals surface area (Å²) < 4.78 is 4.08. The van der Waals surface area contributed by atoms with Gasteiger partial charge in [0.05, 0.1) is 10.6 Å². The second kappa shape index (κ2) is 8.21. The summed E-state index contributed by atoms with van der Waals surface area (Å²) in [6, 6.07) is 0.370. The Morgan fingerprint density at radius 2 is 2.29 bits per heavy atom. The van der Waals surface area contributed by atoms with Crippen LogP contribution in [0.2, 0.25) is 0 Å². The molecule has 1 aromatic rings. The molecule has 3 nitrogen and oxygen atoms in total. The Hall–Kier alpha value is -0.920. The first kappa shape index (κ1) is 14.1. The van der Waals surface area contributed by atoms with Crippen molar-refractivity contribution in [1.29, 1.82) is 0 Å². The van der Waals surface area contributed by atoms with Gasteiger partial charge in [-0.05, 0) is 37.3 Å². The zero-order chi connectivity index (χ0) is 12.5. The number of nitrogens with one attached hydrogen (secondary N) is 1. The number of rotatable bonds is 8. The molecular formula is C13H21N3S. The van der Waals surface area contributed by atoms with E-state index in [4.69, 9.17) is 6.42 Å². The zero-order valence-electron chi connectivity index (χ0n) is 10.7. The maximum atomic E-state index is 5.29. The molecule has 0 aromatic carbocycles. The lowest BCUT2D eigenvalue weighted by Crippen LogP contribution is -2.21. The lowest BCUT2D eigenvalue weighted by atomic mass is 10.1. The lowest BCUT2D eigenvalue weighted by molar-refractivity contribution is 0.504. The Labute approximate surface area is 108 Å². The van der Waals surface area contributed by atoms with Gasteiger partial charge in [-0.2, -0.15) is 0 Å². The Morgan fingerprint density at radius 1 is 1.47 bits per heavy atom. The number of terminal acetylenes is 1. The van der Waals surface area contributed by atoms with E-state index in [9.17, 15) is 0 Å². The summed E-state index contributed by atoms with van der Waals surface area (Å²) in [7, 11) is 0. The molecule has 1 heterocycles. The first-order valence-electron chi connectivity index (χ1n) is 6.31. The molecule has 0 radical (unpaired) electrons. The van der Waals surface area contributed by atoms with Crippen molar-refractivity contribution in [1.82, 2.24) is 14.9 Å². The van der Waals surface area contributed by atoms with E-state index in [0.717, 1.165) is 44.3 Å². The van der Waals surface area contributed by atoms with E-state index in [1.54, 1.807) is 0 Å². The van der Waals surface area contributed by atoms with E-state index >= 15 is 0 Å². The quantitative estimate of drug-likeness (QED) is 0.570. The van der Waals surface area contributed by atoms with E-state index in [1.165, 1.54) is 16.4 Å². The van der Waals surface area contributed by atoms with E-state index in [-0.39, 0.29) is 0 Å². The first-order valence-corrected chi connectivity index (χ1v) is 7.08. The van der Waals surface area contributed by atoms with Crippen LogP contribution in [0.5, 0.6) is 0 Å². The number of aromatic nitrogens is 2. The van der Waals surface area contributed by atoms with Gasteiger partial charge in [-0.3, -0.25) is 0 Å². The third-order valence-corrected chi connectivity index (χ3v) is 3.53. The third kappa shape index (κ3) is 4.45. The van der Waals surface area contributed by atoms with Gasteiger partial charge in [-0.15, -0.1) is 17.4 Å². The highest BCUT2D eigenvalue weighted by molar-refractivity contribution is 7.05. The molecule has 1 atom stereocenters. The predicted octanol–water partition coefficient (Wildman–Crippen LogP) is 2.94. The molecule has 0 spiro atoms. The average Bonchev–Trinajstić information content (AvgIpc) is 2.77. The van der Waals surface area contributed by atoms with Gasteiger partial charge in [0.15, 0.2) is 0 Å². The molecule has 0 saturated heterocycles. The van der Waals surface area contributed by atoms with Gasteiger partial charge in [-0.25, -0.2) is 0 Å². The number of aryl methyl sites for hydroxylation is 1. The highest BCUT2D eigenvalue weighted by atomic mass is 32.1. The van der Waals surface area contributed by atoms with Gasteiger partial charge in [0.2, 0.25) is 0 Å². The Morgan fingerprint density at radius 3 is 2.94 bits per heavy atom. The van der Waals surface area contributed by atoms with Gasteiger partial charge in [-0.1, -0.05) is 24.8 Å². The standard InChI is InChI=1S/C13H21N3S/c1-4-7-8-10-11(14-6-3)13-12(9-5-2)15-16-17-13/h1,11,14H,5-10H2,2-3H3. The molecule has 0 saturated carbocycles. The number of hydrogen-bond acceptors (Lipinski definition) is 4. The van der Waals surface area contributed by atoms with Gasteiger partial charge < -0.3 is 5.32 Å². The van der Waals surface area contributed by atoms with Crippen molar-refractivity contribution in [2.45, 2.75) is 52.0 Å². The molecule has 0 amide bonds. The molecule has 1 aromatic heterocycles. The maximum Gasteiger partial charge on any atom is 0.0803 e.